The quantitative estimate of drug-likeness (QED) is 0.882. The zero-order chi connectivity index (χ0) is 13.7. The summed E-state index contributed by atoms with van der Waals surface area (Å²) in [5.41, 5.74) is 1.61. The third-order valence-corrected chi connectivity index (χ3v) is 2.97. The average molecular weight is 257 g/mol. The topological polar surface area (TPSA) is 29.1 Å². The fourth-order valence-corrected chi connectivity index (χ4v) is 1.96. The predicted molar refractivity (Wildman–Crippen MR) is 74.5 cm³/mol. The van der Waals surface area contributed by atoms with Crippen LogP contribution in [-0.2, 0) is 4.79 Å². The van der Waals surface area contributed by atoms with E-state index in [9.17, 15) is 9.18 Å². The number of hydrogen-bond acceptors (Lipinski definition) is 1. The minimum atomic E-state index is -0.353. The molecule has 2 aromatic carbocycles. The van der Waals surface area contributed by atoms with Crippen LogP contribution in [0, 0.1) is 5.82 Å². The van der Waals surface area contributed by atoms with E-state index in [1.165, 1.54) is 12.1 Å². The maximum absolute atomic E-state index is 13.0. The van der Waals surface area contributed by atoms with Crippen LogP contribution in [0.25, 0.3) is 0 Å². The Kier molecular flexibility index (Phi) is 4.29. The molecular weight excluding hydrogens is 241 g/mol. The second-order valence-electron chi connectivity index (χ2n) is 4.57. The van der Waals surface area contributed by atoms with Crippen LogP contribution in [0.2, 0.25) is 0 Å². The van der Waals surface area contributed by atoms with E-state index in [2.05, 4.69) is 5.32 Å². The zero-order valence-electron chi connectivity index (χ0n) is 10.8. The lowest BCUT2D eigenvalue weighted by Crippen LogP contribution is -2.14. The van der Waals surface area contributed by atoms with Crippen molar-refractivity contribution in [2.24, 2.45) is 0 Å². The number of carbonyl (C=O) groups is 1. The van der Waals surface area contributed by atoms with Crippen molar-refractivity contribution in [1.82, 2.24) is 0 Å². The minimum Gasteiger partial charge on any atom is -0.326 e. The van der Waals surface area contributed by atoms with E-state index in [-0.39, 0.29) is 17.6 Å². The standard InChI is InChI=1S/C16H16FNO/c1-12(13-6-3-2-4-7-13)10-16(19)18-15-9-5-8-14(17)11-15/h2-9,11-12H,10H2,1H3,(H,18,19)/t12-/m1/s1. The zero-order valence-corrected chi connectivity index (χ0v) is 10.8. The van der Waals surface area contributed by atoms with E-state index in [0.29, 0.717) is 12.1 Å². The highest BCUT2D eigenvalue weighted by atomic mass is 19.1. The lowest BCUT2D eigenvalue weighted by Gasteiger charge is -2.12. The summed E-state index contributed by atoms with van der Waals surface area (Å²) in [5, 5.41) is 2.70. The summed E-state index contributed by atoms with van der Waals surface area (Å²) in [5.74, 6) is -0.328. The molecule has 0 saturated carbocycles. The van der Waals surface area contributed by atoms with Gasteiger partial charge in [-0.2, -0.15) is 0 Å². The Morgan fingerprint density at radius 1 is 1.16 bits per heavy atom. The molecule has 1 amide bonds. The van der Waals surface area contributed by atoms with Gasteiger partial charge in [0.2, 0.25) is 5.91 Å². The molecule has 1 N–H and O–H groups in total. The first kappa shape index (κ1) is 13.3. The second-order valence-corrected chi connectivity index (χ2v) is 4.57. The van der Waals surface area contributed by atoms with E-state index >= 15 is 0 Å². The van der Waals surface area contributed by atoms with E-state index in [4.69, 9.17) is 0 Å². The van der Waals surface area contributed by atoms with Crippen LogP contribution in [0.3, 0.4) is 0 Å². The van der Waals surface area contributed by atoms with Gasteiger partial charge in [-0.25, -0.2) is 4.39 Å². The average Bonchev–Trinajstić information content (AvgIpc) is 2.39. The first-order valence-corrected chi connectivity index (χ1v) is 6.25. The Bertz CT molecular complexity index is 554. The number of nitrogens with one attached hydrogen (secondary N) is 1. The molecule has 98 valence electrons. The van der Waals surface area contributed by atoms with Crippen molar-refractivity contribution in [1.29, 1.82) is 0 Å². The summed E-state index contributed by atoms with van der Waals surface area (Å²) >= 11 is 0. The number of carbonyl (C=O) groups excluding carboxylic acids is 1. The van der Waals surface area contributed by atoms with Gasteiger partial charge in [-0.05, 0) is 29.7 Å². The van der Waals surface area contributed by atoms with Gasteiger partial charge in [0, 0.05) is 12.1 Å². The monoisotopic (exact) mass is 257 g/mol. The fraction of sp³-hybridized carbons (Fsp3) is 0.188. The number of hydrogen-bond donors (Lipinski definition) is 1. The van der Waals surface area contributed by atoms with Crippen molar-refractivity contribution in [3.63, 3.8) is 0 Å². The third-order valence-electron chi connectivity index (χ3n) is 2.97. The first-order chi connectivity index (χ1) is 9.15. The molecule has 1 atom stereocenters. The summed E-state index contributed by atoms with van der Waals surface area (Å²) in [6, 6.07) is 15.8. The molecule has 0 aliphatic carbocycles. The number of rotatable bonds is 4. The van der Waals surface area contributed by atoms with Crippen molar-refractivity contribution in [3.8, 4) is 0 Å². The highest BCUT2D eigenvalue weighted by molar-refractivity contribution is 5.91. The first-order valence-electron chi connectivity index (χ1n) is 6.25. The van der Waals surface area contributed by atoms with Gasteiger partial charge in [0.05, 0.1) is 0 Å². The van der Waals surface area contributed by atoms with Crippen LogP contribution in [0.4, 0.5) is 10.1 Å². The lowest BCUT2D eigenvalue weighted by atomic mass is 9.97. The summed E-state index contributed by atoms with van der Waals surface area (Å²) in [6.45, 7) is 2.00. The van der Waals surface area contributed by atoms with Crippen LogP contribution in [0.1, 0.15) is 24.8 Å². The maximum atomic E-state index is 13.0. The molecule has 0 aromatic heterocycles. The van der Waals surface area contributed by atoms with E-state index in [1.807, 2.05) is 37.3 Å². The van der Waals surface area contributed by atoms with Gasteiger partial charge in [-0.3, -0.25) is 4.79 Å². The van der Waals surface area contributed by atoms with Gasteiger partial charge < -0.3 is 5.32 Å². The highest BCUT2D eigenvalue weighted by Crippen LogP contribution is 2.19. The molecule has 3 heteroatoms. The largest absolute Gasteiger partial charge is 0.326 e. The molecule has 0 aliphatic rings. The Labute approximate surface area is 112 Å². The predicted octanol–water partition coefficient (Wildman–Crippen LogP) is 3.96. The summed E-state index contributed by atoms with van der Waals surface area (Å²) in [4.78, 5) is 11.9. The van der Waals surface area contributed by atoms with Crippen LogP contribution >= 0.6 is 0 Å². The molecule has 0 unspecified atom stereocenters. The summed E-state index contributed by atoms with van der Waals surface area (Å²) in [7, 11) is 0. The van der Waals surface area contributed by atoms with Crippen molar-refractivity contribution < 1.29 is 9.18 Å². The van der Waals surface area contributed by atoms with Gasteiger partial charge in [0.15, 0.2) is 0 Å². The fourth-order valence-electron chi connectivity index (χ4n) is 1.96. The van der Waals surface area contributed by atoms with Crippen molar-refractivity contribution in [2.45, 2.75) is 19.3 Å². The number of halogens is 1. The van der Waals surface area contributed by atoms with Gasteiger partial charge >= 0.3 is 0 Å². The van der Waals surface area contributed by atoms with Gasteiger partial charge in [0.1, 0.15) is 5.82 Å². The molecule has 0 spiro atoms. The van der Waals surface area contributed by atoms with Crippen molar-refractivity contribution in [2.75, 3.05) is 5.32 Å². The molecular formula is C16H16FNO. The molecule has 0 bridgehead atoms. The lowest BCUT2D eigenvalue weighted by molar-refractivity contribution is -0.116. The highest BCUT2D eigenvalue weighted by Gasteiger charge is 2.11. The Balaban J connectivity index is 1.95. The smallest absolute Gasteiger partial charge is 0.224 e. The number of benzene rings is 2. The van der Waals surface area contributed by atoms with E-state index in [1.54, 1.807) is 12.1 Å². The molecule has 2 nitrogen and oxygen atoms in total. The maximum Gasteiger partial charge on any atom is 0.224 e. The van der Waals surface area contributed by atoms with Gasteiger partial charge in [0.25, 0.3) is 0 Å². The molecule has 0 saturated heterocycles. The minimum absolute atomic E-state index is 0.109. The summed E-state index contributed by atoms with van der Waals surface area (Å²) < 4.78 is 13.0. The second kappa shape index (κ2) is 6.14. The molecule has 0 radical (unpaired) electrons. The molecule has 0 fully saturated rings. The Hall–Kier alpha value is -2.16. The number of anilines is 1. The van der Waals surface area contributed by atoms with Crippen molar-refractivity contribution >= 4 is 11.6 Å². The SMILES string of the molecule is C[C@H](CC(=O)Nc1cccc(F)c1)c1ccccc1. The van der Waals surface area contributed by atoms with E-state index in [0.717, 1.165) is 5.56 Å². The molecule has 0 aliphatic heterocycles. The Morgan fingerprint density at radius 2 is 1.89 bits per heavy atom. The molecule has 2 rings (SSSR count). The Morgan fingerprint density at radius 3 is 2.58 bits per heavy atom. The van der Waals surface area contributed by atoms with Crippen molar-refractivity contribution in [3.05, 3.63) is 66.0 Å². The normalized spacial score (nSPS) is 11.9. The molecule has 2 aromatic rings. The van der Waals surface area contributed by atoms with Gasteiger partial charge in [-0.1, -0.05) is 43.3 Å². The molecule has 0 heterocycles. The summed E-state index contributed by atoms with van der Waals surface area (Å²) in [6.07, 6.45) is 0.376. The third kappa shape index (κ3) is 3.91. The van der Waals surface area contributed by atoms with Crippen LogP contribution in [-0.4, -0.2) is 5.91 Å². The van der Waals surface area contributed by atoms with E-state index < -0.39 is 0 Å². The van der Waals surface area contributed by atoms with Crippen LogP contribution in [0.15, 0.2) is 54.6 Å². The van der Waals surface area contributed by atoms with Gasteiger partial charge in [-0.15, -0.1) is 0 Å². The number of amides is 1. The van der Waals surface area contributed by atoms with Crippen LogP contribution in [0.5, 0.6) is 0 Å². The van der Waals surface area contributed by atoms with Crippen LogP contribution < -0.4 is 5.32 Å². The molecule has 19 heavy (non-hydrogen) atoms.